The summed E-state index contributed by atoms with van der Waals surface area (Å²) in [7, 11) is 2.20. The maximum absolute atomic E-state index is 6.06. The Kier molecular flexibility index (Phi) is 4.61. The molecule has 110 valence electrons. The van der Waals surface area contributed by atoms with Crippen LogP contribution in [0.3, 0.4) is 0 Å². The average molecular weight is 294 g/mol. The number of piperazine rings is 1. The second-order valence-corrected chi connectivity index (χ2v) is 6.55. The fourth-order valence-corrected chi connectivity index (χ4v) is 3.42. The van der Waals surface area contributed by atoms with Gasteiger partial charge in [-0.05, 0) is 43.1 Å². The van der Waals surface area contributed by atoms with Crippen LogP contribution in [-0.2, 0) is 12.8 Å². The van der Waals surface area contributed by atoms with Gasteiger partial charge in [0.2, 0.25) is 0 Å². The second kappa shape index (κ2) is 6.44. The minimum absolute atomic E-state index is 0.593. The summed E-state index contributed by atoms with van der Waals surface area (Å²) < 4.78 is 0. The highest BCUT2D eigenvalue weighted by Gasteiger charge is 2.21. The minimum atomic E-state index is 0.593. The number of fused-ring (bicyclic) bond motifs is 1. The molecule has 20 heavy (non-hydrogen) atoms. The van der Waals surface area contributed by atoms with Crippen molar-refractivity contribution in [2.75, 3.05) is 46.3 Å². The largest absolute Gasteiger partial charge is 0.312 e. The Labute approximate surface area is 126 Å². The molecular formula is C16H24ClN3. The minimum Gasteiger partial charge on any atom is -0.312 e. The maximum atomic E-state index is 6.06. The number of rotatable bonds is 4. The van der Waals surface area contributed by atoms with Gasteiger partial charge in [0.1, 0.15) is 0 Å². The standard InChI is InChI=1S/C16H24ClN3/c1-19-6-8-20(9-7-19)5-4-18-16-11-13-2-3-15(17)10-14(13)12-16/h2-3,10,16,18H,4-9,11-12H2,1H3. The molecule has 1 atom stereocenters. The van der Waals surface area contributed by atoms with Crippen LogP contribution in [0.4, 0.5) is 0 Å². The molecule has 1 fully saturated rings. The number of nitrogens with zero attached hydrogens (tertiary/aromatic N) is 2. The lowest BCUT2D eigenvalue weighted by Crippen LogP contribution is -2.47. The molecule has 0 amide bonds. The summed E-state index contributed by atoms with van der Waals surface area (Å²) in [5.41, 5.74) is 2.89. The van der Waals surface area contributed by atoms with Crippen LogP contribution in [0.25, 0.3) is 0 Å². The molecule has 0 saturated carbocycles. The zero-order valence-electron chi connectivity index (χ0n) is 12.2. The Morgan fingerprint density at radius 2 is 1.90 bits per heavy atom. The van der Waals surface area contributed by atoms with Crippen molar-refractivity contribution >= 4 is 11.6 Å². The van der Waals surface area contributed by atoms with Crippen molar-refractivity contribution in [2.45, 2.75) is 18.9 Å². The molecule has 1 heterocycles. The highest BCUT2D eigenvalue weighted by atomic mass is 35.5. The molecule has 1 aromatic carbocycles. The van der Waals surface area contributed by atoms with Crippen molar-refractivity contribution in [3.63, 3.8) is 0 Å². The number of nitrogens with one attached hydrogen (secondary N) is 1. The number of likely N-dealkylation sites (N-methyl/N-ethyl adjacent to an activating group) is 1. The molecule has 0 radical (unpaired) electrons. The van der Waals surface area contributed by atoms with Crippen LogP contribution in [0.15, 0.2) is 18.2 Å². The van der Waals surface area contributed by atoms with E-state index in [0.717, 1.165) is 24.4 Å². The van der Waals surface area contributed by atoms with Gasteiger partial charge in [-0.2, -0.15) is 0 Å². The first-order valence-corrected chi connectivity index (χ1v) is 8.00. The van der Waals surface area contributed by atoms with Gasteiger partial charge in [-0.15, -0.1) is 0 Å². The summed E-state index contributed by atoms with van der Waals surface area (Å²) in [4.78, 5) is 4.97. The molecule has 4 heteroatoms. The Balaban J connectivity index is 1.40. The van der Waals surface area contributed by atoms with Gasteiger partial charge in [0.25, 0.3) is 0 Å². The van der Waals surface area contributed by atoms with Crippen LogP contribution in [0.5, 0.6) is 0 Å². The number of benzene rings is 1. The Morgan fingerprint density at radius 1 is 1.15 bits per heavy atom. The molecule has 1 saturated heterocycles. The van der Waals surface area contributed by atoms with Gasteiger partial charge in [0.05, 0.1) is 0 Å². The molecule has 1 N–H and O–H groups in total. The first-order chi connectivity index (χ1) is 9.70. The van der Waals surface area contributed by atoms with Gasteiger partial charge < -0.3 is 10.2 Å². The van der Waals surface area contributed by atoms with E-state index in [1.807, 2.05) is 6.07 Å². The topological polar surface area (TPSA) is 18.5 Å². The molecule has 3 rings (SSSR count). The summed E-state index contributed by atoms with van der Waals surface area (Å²) in [5.74, 6) is 0. The lowest BCUT2D eigenvalue weighted by atomic mass is 10.1. The molecule has 1 aliphatic carbocycles. The van der Waals surface area contributed by atoms with Crippen LogP contribution in [0.1, 0.15) is 11.1 Å². The third-order valence-corrected chi connectivity index (χ3v) is 4.79. The zero-order valence-corrected chi connectivity index (χ0v) is 13.0. The van der Waals surface area contributed by atoms with Crippen molar-refractivity contribution in [2.24, 2.45) is 0 Å². The molecule has 0 spiro atoms. The summed E-state index contributed by atoms with van der Waals surface area (Å²) in [6.07, 6.45) is 2.27. The van der Waals surface area contributed by atoms with E-state index in [4.69, 9.17) is 11.6 Å². The van der Waals surface area contributed by atoms with Crippen molar-refractivity contribution in [1.82, 2.24) is 15.1 Å². The normalized spacial score (nSPS) is 24.0. The van der Waals surface area contributed by atoms with E-state index >= 15 is 0 Å². The van der Waals surface area contributed by atoms with Crippen LogP contribution < -0.4 is 5.32 Å². The van der Waals surface area contributed by atoms with E-state index in [1.165, 1.54) is 43.9 Å². The van der Waals surface area contributed by atoms with Gasteiger partial charge in [-0.3, -0.25) is 4.90 Å². The molecule has 1 aliphatic heterocycles. The first kappa shape index (κ1) is 14.3. The van der Waals surface area contributed by atoms with Crippen LogP contribution in [0.2, 0.25) is 5.02 Å². The third kappa shape index (κ3) is 3.53. The monoisotopic (exact) mass is 293 g/mol. The van der Waals surface area contributed by atoms with Crippen LogP contribution in [0, 0.1) is 0 Å². The second-order valence-electron chi connectivity index (χ2n) is 6.12. The summed E-state index contributed by atoms with van der Waals surface area (Å²) in [5, 5.41) is 4.57. The summed E-state index contributed by atoms with van der Waals surface area (Å²) in [6, 6.07) is 6.90. The van der Waals surface area contributed by atoms with E-state index < -0.39 is 0 Å². The Bertz CT molecular complexity index is 455. The molecule has 3 nitrogen and oxygen atoms in total. The maximum Gasteiger partial charge on any atom is 0.0408 e. The van der Waals surface area contributed by atoms with Gasteiger partial charge in [-0.25, -0.2) is 0 Å². The smallest absolute Gasteiger partial charge is 0.0408 e. The van der Waals surface area contributed by atoms with Crippen LogP contribution >= 0.6 is 11.6 Å². The van der Waals surface area contributed by atoms with Gasteiger partial charge >= 0.3 is 0 Å². The number of hydrogen-bond acceptors (Lipinski definition) is 3. The van der Waals surface area contributed by atoms with E-state index in [1.54, 1.807) is 0 Å². The first-order valence-electron chi connectivity index (χ1n) is 7.62. The molecule has 0 aromatic heterocycles. The molecule has 1 aromatic rings. The van der Waals surface area contributed by atoms with Crippen molar-refractivity contribution in [1.29, 1.82) is 0 Å². The number of halogens is 1. The lowest BCUT2D eigenvalue weighted by molar-refractivity contribution is 0.153. The Morgan fingerprint density at radius 3 is 2.70 bits per heavy atom. The SMILES string of the molecule is CN1CCN(CCNC2Cc3ccc(Cl)cc3C2)CC1. The predicted molar refractivity (Wildman–Crippen MR) is 84.6 cm³/mol. The predicted octanol–water partition coefficient (Wildman–Crippen LogP) is 1.64. The lowest BCUT2D eigenvalue weighted by Gasteiger charge is -2.32. The molecule has 0 bridgehead atoms. The van der Waals surface area contributed by atoms with Crippen molar-refractivity contribution < 1.29 is 0 Å². The number of hydrogen-bond donors (Lipinski definition) is 1. The van der Waals surface area contributed by atoms with Crippen LogP contribution in [-0.4, -0.2) is 62.2 Å². The molecule has 1 unspecified atom stereocenters. The van der Waals surface area contributed by atoms with E-state index in [2.05, 4.69) is 34.3 Å². The average Bonchev–Trinajstić information content (AvgIpc) is 2.83. The van der Waals surface area contributed by atoms with Crippen molar-refractivity contribution in [3.8, 4) is 0 Å². The summed E-state index contributed by atoms with van der Waals surface area (Å²) >= 11 is 6.06. The molecular weight excluding hydrogens is 270 g/mol. The highest BCUT2D eigenvalue weighted by Crippen LogP contribution is 2.25. The highest BCUT2D eigenvalue weighted by molar-refractivity contribution is 6.30. The van der Waals surface area contributed by atoms with Crippen molar-refractivity contribution in [3.05, 3.63) is 34.3 Å². The third-order valence-electron chi connectivity index (χ3n) is 4.56. The fraction of sp³-hybridized carbons (Fsp3) is 0.625. The van der Waals surface area contributed by atoms with Gasteiger partial charge in [-0.1, -0.05) is 17.7 Å². The van der Waals surface area contributed by atoms with E-state index in [9.17, 15) is 0 Å². The van der Waals surface area contributed by atoms with Gasteiger partial charge in [0, 0.05) is 50.3 Å². The molecule has 2 aliphatic rings. The zero-order chi connectivity index (χ0) is 13.9. The fourth-order valence-electron chi connectivity index (χ4n) is 3.23. The van der Waals surface area contributed by atoms with Gasteiger partial charge in [0.15, 0.2) is 0 Å². The summed E-state index contributed by atoms with van der Waals surface area (Å²) in [6.45, 7) is 7.08. The van der Waals surface area contributed by atoms with E-state index in [-0.39, 0.29) is 0 Å². The quantitative estimate of drug-likeness (QED) is 0.911. The Hall–Kier alpha value is -0.610. The van der Waals surface area contributed by atoms with E-state index in [0.29, 0.717) is 6.04 Å².